The van der Waals surface area contributed by atoms with Gasteiger partial charge in [-0.1, -0.05) is 13.0 Å². The van der Waals surface area contributed by atoms with Gasteiger partial charge < -0.3 is 20.5 Å². The smallest absolute Gasteiger partial charge is 0.238 e. The van der Waals surface area contributed by atoms with Crippen LogP contribution in [0.25, 0.3) is 0 Å². The summed E-state index contributed by atoms with van der Waals surface area (Å²) in [6.45, 7) is 2.30. The summed E-state index contributed by atoms with van der Waals surface area (Å²) in [5.74, 6) is 0.925. The van der Waals surface area contributed by atoms with E-state index in [1.54, 1.807) is 7.11 Å². The number of nitrogens with one attached hydrogen (secondary N) is 1. The Kier molecular flexibility index (Phi) is 4.84. The molecule has 1 saturated carbocycles. The second-order valence-electron chi connectivity index (χ2n) is 5.05. The van der Waals surface area contributed by atoms with Gasteiger partial charge in [-0.3, -0.25) is 4.79 Å². The van der Waals surface area contributed by atoms with Gasteiger partial charge in [-0.15, -0.1) is 0 Å². The number of benzene rings is 1. The molecule has 1 fully saturated rings. The molecule has 0 aromatic heterocycles. The molecule has 5 nitrogen and oxygen atoms in total. The topological polar surface area (TPSA) is 73.6 Å². The molecule has 1 amide bonds. The lowest BCUT2D eigenvalue weighted by Crippen LogP contribution is -2.46. The number of nitrogens with two attached hydrogens (primary N) is 1. The molecule has 2 rings (SSSR count). The van der Waals surface area contributed by atoms with Crippen LogP contribution < -0.4 is 20.5 Å². The summed E-state index contributed by atoms with van der Waals surface area (Å²) in [7, 11) is 1.61. The van der Waals surface area contributed by atoms with Crippen LogP contribution in [0, 0.1) is 0 Å². The summed E-state index contributed by atoms with van der Waals surface area (Å²) in [6, 6.07) is 5.75. The molecule has 3 N–H and O–H groups in total. The standard InChI is InChI=1S/C15H22N2O3/c1-3-10-4-7-13(14(8-10)19-2)20-9-12(15(16)18)17-11-5-6-11/h4,7-8,11-12,17H,3,5-6,9H2,1-2H3,(H2,16,18). The molecule has 1 aromatic carbocycles. The van der Waals surface area contributed by atoms with Crippen molar-refractivity contribution in [3.8, 4) is 11.5 Å². The fraction of sp³-hybridized carbons (Fsp3) is 0.533. The lowest BCUT2D eigenvalue weighted by molar-refractivity contribution is -0.120. The third kappa shape index (κ3) is 3.87. The third-order valence-electron chi connectivity index (χ3n) is 3.40. The molecule has 110 valence electrons. The number of carbonyl (C=O) groups is 1. The van der Waals surface area contributed by atoms with Crippen LogP contribution in [0.15, 0.2) is 18.2 Å². The second-order valence-corrected chi connectivity index (χ2v) is 5.05. The largest absolute Gasteiger partial charge is 0.493 e. The van der Waals surface area contributed by atoms with Crippen molar-refractivity contribution >= 4 is 5.91 Å². The summed E-state index contributed by atoms with van der Waals surface area (Å²) < 4.78 is 11.0. The molecule has 20 heavy (non-hydrogen) atoms. The van der Waals surface area contributed by atoms with Crippen LogP contribution >= 0.6 is 0 Å². The first-order valence-electron chi connectivity index (χ1n) is 6.99. The highest BCUT2D eigenvalue weighted by molar-refractivity contribution is 5.80. The Morgan fingerprint density at radius 1 is 1.45 bits per heavy atom. The predicted molar refractivity (Wildman–Crippen MR) is 77.0 cm³/mol. The molecule has 0 aliphatic heterocycles. The van der Waals surface area contributed by atoms with Gasteiger partial charge >= 0.3 is 0 Å². The van der Waals surface area contributed by atoms with E-state index >= 15 is 0 Å². The molecule has 5 heteroatoms. The van der Waals surface area contributed by atoms with E-state index in [2.05, 4.69) is 12.2 Å². The number of hydrogen-bond acceptors (Lipinski definition) is 4. The van der Waals surface area contributed by atoms with Crippen molar-refractivity contribution in [2.24, 2.45) is 5.73 Å². The molecule has 1 aromatic rings. The van der Waals surface area contributed by atoms with Crippen molar-refractivity contribution in [3.63, 3.8) is 0 Å². The van der Waals surface area contributed by atoms with E-state index in [4.69, 9.17) is 15.2 Å². The number of ether oxygens (including phenoxy) is 2. The monoisotopic (exact) mass is 278 g/mol. The fourth-order valence-electron chi connectivity index (χ4n) is 1.97. The van der Waals surface area contributed by atoms with Crippen LogP contribution in [0.2, 0.25) is 0 Å². The molecular formula is C15H22N2O3. The van der Waals surface area contributed by atoms with Gasteiger partial charge in [-0.05, 0) is 37.0 Å². The summed E-state index contributed by atoms with van der Waals surface area (Å²) >= 11 is 0. The maximum Gasteiger partial charge on any atom is 0.238 e. The normalized spacial score (nSPS) is 15.7. The maximum atomic E-state index is 11.4. The first-order chi connectivity index (χ1) is 9.63. The van der Waals surface area contributed by atoms with Crippen LogP contribution in [-0.4, -0.2) is 31.7 Å². The van der Waals surface area contributed by atoms with Gasteiger partial charge in [-0.25, -0.2) is 0 Å². The zero-order chi connectivity index (χ0) is 14.5. The van der Waals surface area contributed by atoms with E-state index < -0.39 is 6.04 Å². The van der Waals surface area contributed by atoms with Crippen molar-refractivity contribution in [2.45, 2.75) is 38.3 Å². The molecule has 0 spiro atoms. The average molecular weight is 278 g/mol. The Bertz CT molecular complexity index is 472. The van der Waals surface area contributed by atoms with Gasteiger partial charge in [-0.2, -0.15) is 0 Å². The number of methoxy groups -OCH3 is 1. The van der Waals surface area contributed by atoms with E-state index in [1.807, 2.05) is 18.2 Å². The Morgan fingerprint density at radius 2 is 2.20 bits per heavy atom. The van der Waals surface area contributed by atoms with E-state index in [9.17, 15) is 4.79 Å². The number of carbonyl (C=O) groups excluding carboxylic acids is 1. The zero-order valence-corrected chi connectivity index (χ0v) is 12.0. The molecule has 0 heterocycles. The lowest BCUT2D eigenvalue weighted by atomic mass is 10.1. The summed E-state index contributed by atoms with van der Waals surface area (Å²) in [4.78, 5) is 11.4. The molecule has 1 aliphatic rings. The van der Waals surface area contributed by atoms with E-state index in [0.717, 1.165) is 19.3 Å². The first-order valence-corrected chi connectivity index (χ1v) is 6.99. The minimum Gasteiger partial charge on any atom is -0.493 e. The molecule has 0 saturated heterocycles. The van der Waals surface area contributed by atoms with Gasteiger partial charge in [0.15, 0.2) is 11.5 Å². The molecule has 1 atom stereocenters. The van der Waals surface area contributed by atoms with Crippen LogP contribution in [0.3, 0.4) is 0 Å². The van der Waals surface area contributed by atoms with Crippen molar-refractivity contribution in [1.82, 2.24) is 5.32 Å². The number of hydrogen-bond donors (Lipinski definition) is 2. The number of aryl methyl sites for hydroxylation is 1. The average Bonchev–Trinajstić information content (AvgIpc) is 3.26. The quantitative estimate of drug-likeness (QED) is 0.750. The van der Waals surface area contributed by atoms with E-state index in [1.165, 1.54) is 5.56 Å². The minimum absolute atomic E-state index is 0.216. The third-order valence-corrected chi connectivity index (χ3v) is 3.40. The second kappa shape index (κ2) is 6.61. The van der Waals surface area contributed by atoms with Gasteiger partial charge in [0.05, 0.1) is 7.11 Å². The maximum absolute atomic E-state index is 11.4. The van der Waals surface area contributed by atoms with E-state index in [0.29, 0.717) is 17.5 Å². The Labute approximate surface area is 119 Å². The highest BCUT2D eigenvalue weighted by Crippen LogP contribution is 2.28. The van der Waals surface area contributed by atoms with Crippen LogP contribution in [0.4, 0.5) is 0 Å². The SMILES string of the molecule is CCc1ccc(OCC(NC2CC2)C(N)=O)c(OC)c1. The summed E-state index contributed by atoms with van der Waals surface area (Å²) in [6.07, 6.45) is 3.13. The Hall–Kier alpha value is -1.75. The number of amides is 1. The molecule has 0 bridgehead atoms. The first kappa shape index (κ1) is 14.7. The lowest BCUT2D eigenvalue weighted by Gasteiger charge is -2.17. The fourth-order valence-corrected chi connectivity index (χ4v) is 1.97. The minimum atomic E-state index is -0.460. The van der Waals surface area contributed by atoms with Crippen molar-refractivity contribution < 1.29 is 14.3 Å². The van der Waals surface area contributed by atoms with Gasteiger partial charge in [0.25, 0.3) is 0 Å². The summed E-state index contributed by atoms with van der Waals surface area (Å²) in [5.41, 5.74) is 6.56. The van der Waals surface area contributed by atoms with Crippen LogP contribution in [-0.2, 0) is 11.2 Å². The van der Waals surface area contributed by atoms with Crippen LogP contribution in [0.5, 0.6) is 11.5 Å². The van der Waals surface area contributed by atoms with Crippen molar-refractivity contribution in [2.75, 3.05) is 13.7 Å². The van der Waals surface area contributed by atoms with Gasteiger partial charge in [0, 0.05) is 6.04 Å². The zero-order valence-electron chi connectivity index (χ0n) is 12.0. The van der Waals surface area contributed by atoms with Gasteiger partial charge in [0.1, 0.15) is 12.6 Å². The molecule has 1 aliphatic carbocycles. The molecule has 1 unspecified atom stereocenters. The number of primary amides is 1. The Morgan fingerprint density at radius 3 is 2.75 bits per heavy atom. The summed E-state index contributed by atoms with van der Waals surface area (Å²) in [5, 5.41) is 3.18. The van der Waals surface area contributed by atoms with E-state index in [-0.39, 0.29) is 12.5 Å². The molecular weight excluding hydrogens is 256 g/mol. The predicted octanol–water partition coefficient (Wildman–Crippen LogP) is 1.24. The molecule has 0 radical (unpaired) electrons. The highest BCUT2D eigenvalue weighted by atomic mass is 16.5. The van der Waals surface area contributed by atoms with Crippen LogP contribution in [0.1, 0.15) is 25.3 Å². The van der Waals surface area contributed by atoms with Crippen molar-refractivity contribution in [1.29, 1.82) is 0 Å². The van der Waals surface area contributed by atoms with Crippen molar-refractivity contribution in [3.05, 3.63) is 23.8 Å². The highest BCUT2D eigenvalue weighted by Gasteiger charge is 2.27. The number of rotatable bonds is 8. The van der Waals surface area contributed by atoms with Gasteiger partial charge in [0.2, 0.25) is 5.91 Å². The Balaban J connectivity index is 1.99.